The summed E-state index contributed by atoms with van der Waals surface area (Å²) >= 11 is 0. The molecule has 1 aliphatic heterocycles. The minimum Gasteiger partial charge on any atom is -0.323 e. The fourth-order valence-corrected chi connectivity index (χ4v) is 2.77. The zero-order valence-corrected chi connectivity index (χ0v) is 12.2. The van der Waals surface area contributed by atoms with Crippen LogP contribution in [-0.4, -0.2) is 29.1 Å². The van der Waals surface area contributed by atoms with Gasteiger partial charge in [0.25, 0.3) is 0 Å². The van der Waals surface area contributed by atoms with Crippen molar-refractivity contribution in [3.05, 3.63) is 0 Å². The molecule has 17 heavy (non-hydrogen) atoms. The third-order valence-electron chi connectivity index (χ3n) is 3.39. The smallest absolute Gasteiger partial charge is 0.240 e. The molecule has 1 saturated heterocycles. The second-order valence-electron chi connectivity index (χ2n) is 6.26. The largest absolute Gasteiger partial charge is 0.323 e. The zero-order chi connectivity index (χ0) is 13.2. The van der Waals surface area contributed by atoms with Gasteiger partial charge in [-0.05, 0) is 38.5 Å². The van der Waals surface area contributed by atoms with Gasteiger partial charge >= 0.3 is 0 Å². The molecule has 3 atom stereocenters. The van der Waals surface area contributed by atoms with Gasteiger partial charge in [-0.2, -0.15) is 0 Å². The van der Waals surface area contributed by atoms with Crippen molar-refractivity contribution >= 4 is 5.91 Å². The molecule has 1 amide bonds. The molecule has 3 heteroatoms. The molecule has 100 valence electrons. The van der Waals surface area contributed by atoms with E-state index in [1.807, 2.05) is 6.92 Å². The van der Waals surface area contributed by atoms with Crippen LogP contribution in [0.5, 0.6) is 0 Å². The van der Waals surface area contributed by atoms with Gasteiger partial charge in [-0.3, -0.25) is 10.1 Å². The highest BCUT2D eigenvalue weighted by molar-refractivity contribution is 5.84. The van der Waals surface area contributed by atoms with Gasteiger partial charge in [0, 0.05) is 6.04 Å². The summed E-state index contributed by atoms with van der Waals surface area (Å²) in [5, 5.41) is 3.42. The lowest BCUT2D eigenvalue weighted by Gasteiger charge is -2.32. The lowest BCUT2D eigenvalue weighted by Crippen LogP contribution is -2.44. The molecule has 0 bridgehead atoms. The quantitative estimate of drug-likeness (QED) is 0.801. The highest BCUT2D eigenvalue weighted by atomic mass is 16.2. The molecule has 1 aliphatic rings. The summed E-state index contributed by atoms with van der Waals surface area (Å²) in [4.78, 5) is 14.3. The van der Waals surface area contributed by atoms with Crippen molar-refractivity contribution < 1.29 is 4.79 Å². The molecule has 0 spiro atoms. The maximum atomic E-state index is 12.2. The number of nitrogens with zero attached hydrogens (tertiary/aromatic N) is 1. The zero-order valence-electron chi connectivity index (χ0n) is 12.2. The highest BCUT2D eigenvalue weighted by Gasteiger charge is 2.38. The van der Waals surface area contributed by atoms with Gasteiger partial charge in [0.05, 0.1) is 12.2 Å². The highest BCUT2D eigenvalue weighted by Crippen LogP contribution is 2.23. The molecule has 0 aromatic carbocycles. The Bertz CT molecular complexity index is 263. The molecule has 0 radical (unpaired) electrons. The first kappa shape index (κ1) is 14.5. The van der Waals surface area contributed by atoms with Gasteiger partial charge in [0.15, 0.2) is 0 Å². The number of amides is 1. The summed E-state index contributed by atoms with van der Waals surface area (Å²) in [5.41, 5.74) is 0. The third-order valence-corrected chi connectivity index (χ3v) is 3.39. The summed E-state index contributed by atoms with van der Waals surface area (Å²) in [7, 11) is 0. The van der Waals surface area contributed by atoms with Crippen molar-refractivity contribution in [1.29, 1.82) is 0 Å². The fourth-order valence-electron chi connectivity index (χ4n) is 2.77. The van der Waals surface area contributed by atoms with Crippen molar-refractivity contribution in [2.75, 3.05) is 0 Å². The van der Waals surface area contributed by atoms with E-state index in [-0.39, 0.29) is 18.1 Å². The molecule has 3 nitrogen and oxygen atoms in total. The van der Waals surface area contributed by atoms with Crippen molar-refractivity contribution in [3.8, 4) is 0 Å². The molecule has 0 saturated carbocycles. The number of carbonyl (C=O) groups excluding carboxylic acids is 1. The summed E-state index contributed by atoms with van der Waals surface area (Å²) < 4.78 is 0. The third kappa shape index (κ3) is 3.70. The van der Waals surface area contributed by atoms with Crippen molar-refractivity contribution in [3.63, 3.8) is 0 Å². The van der Waals surface area contributed by atoms with E-state index in [1.54, 1.807) is 0 Å². The Morgan fingerprint density at radius 2 is 1.76 bits per heavy atom. The van der Waals surface area contributed by atoms with Crippen molar-refractivity contribution in [2.24, 2.45) is 11.8 Å². The van der Waals surface area contributed by atoms with E-state index in [4.69, 9.17) is 0 Å². The molecule has 1 fully saturated rings. The van der Waals surface area contributed by atoms with Crippen LogP contribution < -0.4 is 5.32 Å². The standard InChI is InChI=1S/C14H28N2O/c1-9(2)7-11(5)16-13(8-10(3)4)15-12(6)14(16)17/h9-13,15H,7-8H2,1-6H3. The van der Waals surface area contributed by atoms with Crippen LogP contribution in [0.1, 0.15) is 54.4 Å². The SMILES string of the molecule is CC(C)CC(C)N1C(=O)C(C)NC1CC(C)C. The average molecular weight is 240 g/mol. The van der Waals surface area contributed by atoms with Gasteiger partial charge in [-0.1, -0.05) is 27.7 Å². The Balaban J connectivity index is 2.72. The number of nitrogens with one attached hydrogen (secondary N) is 1. The number of hydrogen-bond donors (Lipinski definition) is 1. The molecule has 1 heterocycles. The van der Waals surface area contributed by atoms with Crippen LogP contribution in [0, 0.1) is 11.8 Å². The Morgan fingerprint density at radius 3 is 2.24 bits per heavy atom. The van der Waals surface area contributed by atoms with E-state index in [9.17, 15) is 4.79 Å². The van der Waals surface area contributed by atoms with Crippen LogP contribution in [0.15, 0.2) is 0 Å². The van der Waals surface area contributed by atoms with Crippen LogP contribution >= 0.6 is 0 Å². The molecular formula is C14H28N2O. The van der Waals surface area contributed by atoms with Gasteiger partial charge in [-0.25, -0.2) is 0 Å². The average Bonchev–Trinajstić information content (AvgIpc) is 2.39. The Labute approximate surface area is 106 Å². The molecule has 0 aromatic heterocycles. The fraction of sp³-hybridized carbons (Fsp3) is 0.929. The maximum absolute atomic E-state index is 12.2. The molecular weight excluding hydrogens is 212 g/mol. The first-order valence-electron chi connectivity index (χ1n) is 6.91. The Kier molecular flexibility index (Phi) is 4.99. The van der Waals surface area contributed by atoms with E-state index in [2.05, 4.69) is 44.8 Å². The Morgan fingerprint density at radius 1 is 1.18 bits per heavy atom. The lowest BCUT2D eigenvalue weighted by molar-refractivity contribution is -0.132. The topological polar surface area (TPSA) is 32.3 Å². The molecule has 0 aromatic rings. The first-order valence-corrected chi connectivity index (χ1v) is 6.91. The lowest BCUT2D eigenvalue weighted by atomic mass is 10.0. The summed E-state index contributed by atoms with van der Waals surface area (Å²) in [6.07, 6.45) is 2.35. The first-order chi connectivity index (χ1) is 7.82. The van der Waals surface area contributed by atoms with Crippen LogP contribution in [0.4, 0.5) is 0 Å². The monoisotopic (exact) mass is 240 g/mol. The maximum Gasteiger partial charge on any atom is 0.240 e. The van der Waals surface area contributed by atoms with Crippen molar-refractivity contribution in [2.45, 2.75) is 72.6 Å². The van der Waals surface area contributed by atoms with Gasteiger partial charge in [0.1, 0.15) is 0 Å². The van der Waals surface area contributed by atoms with E-state index in [1.165, 1.54) is 0 Å². The molecule has 3 unspecified atom stereocenters. The Hall–Kier alpha value is -0.570. The number of rotatable bonds is 5. The van der Waals surface area contributed by atoms with Crippen LogP contribution in [0.25, 0.3) is 0 Å². The van der Waals surface area contributed by atoms with Gasteiger partial charge in [-0.15, -0.1) is 0 Å². The molecule has 1 N–H and O–H groups in total. The number of hydrogen-bond acceptors (Lipinski definition) is 2. The summed E-state index contributed by atoms with van der Waals surface area (Å²) in [6, 6.07) is 0.317. The van der Waals surface area contributed by atoms with E-state index < -0.39 is 0 Å². The second-order valence-corrected chi connectivity index (χ2v) is 6.26. The van der Waals surface area contributed by atoms with Gasteiger partial charge < -0.3 is 4.90 Å². The van der Waals surface area contributed by atoms with Crippen LogP contribution in [0.2, 0.25) is 0 Å². The minimum atomic E-state index is -0.0200. The molecule has 0 aliphatic carbocycles. The normalized spacial score (nSPS) is 27.3. The van der Waals surface area contributed by atoms with Crippen LogP contribution in [0.3, 0.4) is 0 Å². The number of carbonyl (C=O) groups is 1. The van der Waals surface area contributed by atoms with E-state index >= 15 is 0 Å². The second kappa shape index (κ2) is 5.85. The van der Waals surface area contributed by atoms with Crippen molar-refractivity contribution in [1.82, 2.24) is 10.2 Å². The minimum absolute atomic E-state index is 0.0200. The van der Waals surface area contributed by atoms with Crippen LogP contribution in [-0.2, 0) is 4.79 Å². The predicted molar refractivity (Wildman–Crippen MR) is 71.6 cm³/mol. The van der Waals surface area contributed by atoms with Gasteiger partial charge in [0.2, 0.25) is 5.91 Å². The molecule has 1 rings (SSSR count). The summed E-state index contributed by atoms with van der Waals surface area (Å²) in [5.74, 6) is 1.51. The predicted octanol–water partition coefficient (Wildman–Crippen LogP) is 2.61. The van der Waals surface area contributed by atoms with E-state index in [0.29, 0.717) is 17.9 Å². The van der Waals surface area contributed by atoms with E-state index in [0.717, 1.165) is 12.8 Å². The summed E-state index contributed by atoms with van der Waals surface area (Å²) in [6.45, 7) is 13.0.